The van der Waals surface area contributed by atoms with E-state index < -0.39 is 11.9 Å². The number of hydrogen-bond acceptors (Lipinski definition) is 3. The van der Waals surface area contributed by atoms with Crippen molar-refractivity contribution in [1.82, 2.24) is 10.9 Å². The molecule has 0 aliphatic heterocycles. The van der Waals surface area contributed by atoms with Crippen LogP contribution in [0.4, 0.5) is 10.5 Å². The summed E-state index contributed by atoms with van der Waals surface area (Å²) in [5.74, 6) is -0.394. The van der Waals surface area contributed by atoms with Gasteiger partial charge < -0.3 is 10.4 Å². The molecule has 0 aliphatic rings. The molecule has 6 heteroatoms. The molecule has 0 saturated carbocycles. The number of anilines is 1. The lowest BCUT2D eigenvalue weighted by molar-refractivity contribution is 0.0938. The first kappa shape index (κ1) is 15.5. The van der Waals surface area contributed by atoms with E-state index in [1.54, 1.807) is 42.5 Å². The number of amides is 3. The third-order valence-corrected chi connectivity index (χ3v) is 2.94. The van der Waals surface area contributed by atoms with Gasteiger partial charge in [0.05, 0.1) is 0 Å². The number of hydrogen-bond donors (Lipinski definition) is 4. The fourth-order valence-electron chi connectivity index (χ4n) is 1.82. The standard InChI is InChI=1S/C16H17N3O3/c20-11-10-12-6-8-14(9-7-12)17-16(22)19-18-15(21)13-4-2-1-3-5-13/h1-9,20H,10-11H2,(H,18,21)(H2,17,19,22). The van der Waals surface area contributed by atoms with Gasteiger partial charge in [0, 0.05) is 17.9 Å². The molecule has 2 rings (SSSR count). The van der Waals surface area contributed by atoms with Crippen molar-refractivity contribution in [2.45, 2.75) is 6.42 Å². The van der Waals surface area contributed by atoms with E-state index in [0.717, 1.165) is 5.56 Å². The first-order valence-electron chi connectivity index (χ1n) is 6.81. The molecule has 0 unspecified atom stereocenters. The molecule has 0 radical (unpaired) electrons. The van der Waals surface area contributed by atoms with Gasteiger partial charge in [-0.2, -0.15) is 0 Å². The molecule has 3 amide bonds. The highest BCUT2D eigenvalue weighted by molar-refractivity contribution is 5.97. The highest BCUT2D eigenvalue weighted by atomic mass is 16.3. The number of urea groups is 1. The van der Waals surface area contributed by atoms with Gasteiger partial charge in [0.1, 0.15) is 0 Å². The van der Waals surface area contributed by atoms with Crippen LogP contribution in [0.25, 0.3) is 0 Å². The van der Waals surface area contributed by atoms with Gasteiger partial charge in [0.15, 0.2) is 0 Å². The first-order valence-corrected chi connectivity index (χ1v) is 6.81. The number of hydrazine groups is 1. The molecule has 0 aliphatic carbocycles. The van der Waals surface area contributed by atoms with Crippen LogP contribution in [-0.4, -0.2) is 23.7 Å². The molecule has 2 aromatic rings. The van der Waals surface area contributed by atoms with Gasteiger partial charge in [-0.15, -0.1) is 0 Å². The minimum absolute atomic E-state index is 0.0821. The maximum Gasteiger partial charge on any atom is 0.337 e. The van der Waals surface area contributed by atoms with Crippen LogP contribution in [0.2, 0.25) is 0 Å². The zero-order chi connectivity index (χ0) is 15.8. The van der Waals surface area contributed by atoms with Gasteiger partial charge in [-0.25, -0.2) is 10.2 Å². The topological polar surface area (TPSA) is 90.5 Å². The Bertz CT molecular complexity index is 627. The van der Waals surface area contributed by atoms with Crippen LogP contribution in [0.5, 0.6) is 0 Å². The number of aliphatic hydroxyl groups is 1. The van der Waals surface area contributed by atoms with E-state index >= 15 is 0 Å². The van der Waals surface area contributed by atoms with Crippen LogP contribution < -0.4 is 16.2 Å². The molecule has 4 N–H and O–H groups in total. The van der Waals surface area contributed by atoms with E-state index in [1.165, 1.54) is 0 Å². The zero-order valence-electron chi connectivity index (χ0n) is 11.9. The van der Waals surface area contributed by atoms with Crippen LogP contribution in [0.1, 0.15) is 15.9 Å². The highest BCUT2D eigenvalue weighted by Gasteiger charge is 2.06. The van der Waals surface area contributed by atoms with Gasteiger partial charge >= 0.3 is 6.03 Å². The second-order valence-corrected chi connectivity index (χ2v) is 4.57. The van der Waals surface area contributed by atoms with Gasteiger partial charge in [0.2, 0.25) is 0 Å². The SMILES string of the molecule is O=C(NNC(=O)c1ccccc1)Nc1ccc(CCO)cc1. The smallest absolute Gasteiger partial charge is 0.337 e. The molecular weight excluding hydrogens is 282 g/mol. The Kier molecular flexibility index (Phi) is 5.50. The van der Waals surface area contributed by atoms with Crippen molar-refractivity contribution >= 4 is 17.6 Å². The molecule has 114 valence electrons. The molecule has 2 aromatic carbocycles. The van der Waals surface area contributed by atoms with Crippen molar-refractivity contribution in [3.05, 3.63) is 65.7 Å². The summed E-state index contributed by atoms with van der Waals surface area (Å²) >= 11 is 0. The van der Waals surface area contributed by atoms with Crippen molar-refractivity contribution in [2.24, 2.45) is 0 Å². The predicted molar refractivity (Wildman–Crippen MR) is 83.3 cm³/mol. The summed E-state index contributed by atoms with van der Waals surface area (Å²) in [4.78, 5) is 23.4. The summed E-state index contributed by atoms with van der Waals surface area (Å²) in [6, 6.07) is 15.1. The van der Waals surface area contributed by atoms with Crippen LogP contribution in [0.15, 0.2) is 54.6 Å². The second kappa shape index (κ2) is 7.80. The van der Waals surface area contributed by atoms with Crippen molar-refractivity contribution in [1.29, 1.82) is 0 Å². The fourth-order valence-corrected chi connectivity index (χ4v) is 1.82. The fraction of sp³-hybridized carbons (Fsp3) is 0.125. The predicted octanol–water partition coefficient (Wildman–Crippen LogP) is 1.69. The molecular formula is C16H17N3O3. The lowest BCUT2D eigenvalue weighted by Gasteiger charge is -2.09. The summed E-state index contributed by atoms with van der Waals surface area (Å²) in [5.41, 5.74) is 6.62. The molecule has 0 atom stereocenters. The molecule has 0 fully saturated rings. The van der Waals surface area contributed by atoms with Crippen LogP contribution >= 0.6 is 0 Å². The molecule has 0 spiro atoms. The van der Waals surface area contributed by atoms with Gasteiger partial charge in [-0.05, 0) is 36.2 Å². The molecule has 6 nitrogen and oxygen atoms in total. The average Bonchev–Trinajstić information content (AvgIpc) is 2.55. The number of rotatable bonds is 4. The summed E-state index contributed by atoms with van der Waals surface area (Å²) in [5, 5.41) is 11.4. The molecule has 22 heavy (non-hydrogen) atoms. The van der Waals surface area contributed by atoms with Gasteiger partial charge in [0.25, 0.3) is 5.91 Å². The highest BCUT2D eigenvalue weighted by Crippen LogP contribution is 2.09. The third-order valence-electron chi connectivity index (χ3n) is 2.94. The minimum Gasteiger partial charge on any atom is -0.396 e. The Morgan fingerprint density at radius 3 is 2.23 bits per heavy atom. The monoisotopic (exact) mass is 299 g/mol. The maximum absolute atomic E-state index is 11.7. The number of benzene rings is 2. The van der Waals surface area contributed by atoms with E-state index in [-0.39, 0.29) is 6.61 Å². The lowest BCUT2D eigenvalue weighted by Crippen LogP contribution is -2.43. The van der Waals surface area contributed by atoms with Crippen molar-refractivity contribution in [2.75, 3.05) is 11.9 Å². The zero-order valence-corrected chi connectivity index (χ0v) is 11.9. The van der Waals surface area contributed by atoms with Crippen molar-refractivity contribution in [3.8, 4) is 0 Å². The molecule has 0 aromatic heterocycles. The van der Waals surface area contributed by atoms with E-state index in [0.29, 0.717) is 17.7 Å². The van der Waals surface area contributed by atoms with Crippen molar-refractivity contribution in [3.63, 3.8) is 0 Å². The van der Waals surface area contributed by atoms with E-state index in [4.69, 9.17) is 5.11 Å². The Morgan fingerprint density at radius 1 is 0.909 bits per heavy atom. The Hall–Kier alpha value is -2.86. The van der Waals surface area contributed by atoms with Crippen molar-refractivity contribution < 1.29 is 14.7 Å². The average molecular weight is 299 g/mol. The minimum atomic E-state index is -0.542. The molecule has 0 saturated heterocycles. The largest absolute Gasteiger partial charge is 0.396 e. The molecule has 0 bridgehead atoms. The van der Waals surface area contributed by atoms with E-state index in [1.807, 2.05) is 12.1 Å². The maximum atomic E-state index is 11.7. The quantitative estimate of drug-likeness (QED) is 0.648. The third kappa shape index (κ3) is 4.60. The Balaban J connectivity index is 1.81. The van der Waals surface area contributed by atoms with Crippen LogP contribution in [0.3, 0.4) is 0 Å². The van der Waals surface area contributed by atoms with Crippen LogP contribution in [-0.2, 0) is 6.42 Å². The number of aliphatic hydroxyl groups excluding tert-OH is 1. The second-order valence-electron chi connectivity index (χ2n) is 4.57. The number of carbonyl (C=O) groups is 2. The number of carbonyl (C=O) groups excluding carboxylic acids is 2. The lowest BCUT2D eigenvalue weighted by atomic mass is 10.1. The summed E-state index contributed by atoms with van der Waals surface area (Å²) in [6.45, 7) is 0.0821. The summed E-state index contributed by atoms with van der Waals surface area (Å²) in [6.07, 6.45) is 0.569. The first-order chi connectivity index (χ1) is 10.7. The molecule has 0 heterocycles. The Labute approximate surface area is 128 Å². The van der Waals surface area contributed by atoms with E-state index in [9.17, 15) is 9.59 Å². The number of nitrogens with one attached hydrogen (secondary N) is 3. The van der Waals surface area contributed by atoms with E-state index in [2.05, 4.69) is 16.2 Å². The summed E-state index contributed by atoms with van der Waals surface area (Å²) < 4.78 is 0. The normalized spacial score (nSPS) is 9.86. The van der Waals surface area contributed by atoms with Crippen LogP contribution in [0, 0.1) is 0 Å². The Morgan fingerprint density at radius 2 is 1.59 bits per heavy atom. The summed E-state index contributed by atoms with van der Waals surface area (Å²) in [7, 11) is 0. The van der Waals surface area contributed by atoms with Gasteiger partial charge in [-0.3, -0.25) is 10.2 Å². The van der Waals surface area contributed by atoms with Gasteiger partial charge in [-0.1, -0.05) is 30.3 Å².